The average Bonchev–Trinajstić information content (AvgIpc) is 2.75. The van der Waals surface area contributed by atoms with Gasteiger partial charge in [0.2, 0.25) is 5.91 Å². The fourth-order valence-corrected chi connectivity index (χ4v) is 3.67. The average molecular weight is 409 g/mol. The van der Waals surface area contributed by atoms with E-state index in [9.17, 15) is 14.7 Å². The van der Waals surface area contributed by atoms with Crippen LogP contribution in [0.4, 0.5) is 0 Å². The molecule has 2 aromatic carbocycles. The second-order valence-electron chi connectivity index (χ2n) is 8.32. The smallest absolute Gasteiger partial charge is 0.220 e. The number of likely N-dealkylation sites (tertiary alicyclic amines) is 1. The van der Waals surface area contributed by atoms with Gasteiger partial charge in [0.15, 0.2) is 5.78 Å². The molecule has 5 nitrogen and oxygen atoms in total. The van der Waals surface area contributed by atoms with E-state index in [1.54, 1.807) is 0 Å². The van der Waals surface area contributed by atoms with E-state index in [1.807, 2.05) is 44.2 Å². The van der Waals surface area contributed by atoms with Crippen molar-refractivity contribution in [1.82, 2.24) is 10.2 Å². The summed E-state index contributed by atoms with van der Waals surface area (Å²) >= 11 is 0. The predicted molar refractivity (Wildman–Crippen MR) is 118 cm³/mol. The van der Waals surface area contributed by atoms with Crippen molar-refractivity contribution in [3.8, 4) is 0 Å². The highest BCUT2D eigenvalue weighted by molar-refractivity contribution is 5.98. The predicted octanol–water partition coefficient (Wildman–Crippen LogP) is 3.54. The van der Waals surface area contributed by atoms with E-state index in [0.717, 1.165) is 49.2 Å². The number of aliphatic hydroxyl groups is 1. The fourth-order valence-electron chi connectivity index (χ4n) is 3.67. The van der Waals surface area contributed by atoms with Gasteiger partial charge in [-0.2, -0.15) is 0 Å². The number of rotatable bonds is 8. The van der Waals surface area contributed by atoms with Gasteiger partial charge in [-0.05, 0) is 55.0 Å². The Bertz CT molecular complexity index is 868. The number of aliphatic hydroxyl groups excluding tert-OH is 1. The van der Waals surface area contributed by atoms with Gasteiger partial charge in [0.05, 0.1) is 6.10 Å². The Morgan fingerprint density at radius 1 is 0.967 bits per heavy atom. The van der Waals surface area contributed by atoms with Gasteiger partial charge >= 0.3 is 0 Å². The lowest BCUT2D eigenvalue weighted by molar-refractivity contribution is -0.121. The van der Waals surface area contributed by atoms with Gasteiger partial charge in [-0.3, -0.25) is 14.5 Å². The van der Waals surface area contributed by atoms with Gasteiger partial charge in [0.1, 0.15) is 0 Å². The minimum atomic E-state index is -0.150. The summed E-state index contributed by atoms with van der Waals surface area (Å²) in [6.45, 7) is 7.22. The van der Waals surface area contributed by atoms with Crippen molar-refractivity contribution in [2.45, 2.75) is 58.7 Å². The normalized spacial score (nSPS) is 15.2. The van der Waals surface area contributed by atoms with Crippen molar-refractivity contribution in [3.63, 3.8) is 0 Å². The Morgan fingerprint density at radius 3 is 2.30 bits per heavy atom. The first-order valence-corrected chi connectivity index (χ1v) is 10.8. The number of carbonyl (C=O) groups is 2. The SMILES string of the molecule is Cc1ccc(C(=O)CCC(=O)NCc2ccc(CN3CCC(O)CC3)cc2)cc1C. The number of hydrogen-bond donors (Lipinski definition) is 2. The maximum atomic E-state index is 12.3. The molecule has 0 spiro atoms. The van der Waals surface area contributed by atoms with E-state index >= 15 is 0 Å². The molecule has 0 saturated carbocycles. The second-order valence-corrected chi connectivity index (χ2v) is 8.32. The maximum Gasteiger partial charge on any atom is 0.220 e. The second kappa shape index (κ2) is 10.5. The number of nitrogens with zero attached hydrogens (tertiary/aromatic N) is 1. The molecule has 1 amide bonds. The summed E-state index contributed by atoms with van der Waals surface area (Å²) in [7, 11) is 0. The summed E-state index contributed by atoms with van der Waals surface area (Å²) < 4.78 is 0. The van der Waals surface area contributed by atoms with Crippen LogP contribution in [0.2, 0.25) is 0 Å². The Hall–Kier alpha value is -2.50. The number of nitrogens with one attached hydrogen (secondary N) is 1. The summed E-state index contributed by atoms with van der Waals surface area (Å²) in [5.41, 5.74) is 5.20. The molecule has 5 heteroatoms. The van der Waals surface area contributed by atoms with Crippen LogP contribution in [0, 0.1) is 13.8 Å². The molecule has 1 aliphatic rings. The number of Topliss-reactive ketones (excluding diaryl/α,β-unsaturated/α-hetero) is 1. The Labute approximate surface area is 179 Å². The van der Waals surface area contributed by atoms with Crippen molar-refractivity contribution in [1.29, 1.82) is 0 Å². The van der Waals surface area contributed by atoms with Crippen molar-refractivity contribution >= 4 is 11.7 Å². The molecular formula is C25H32N2O3. The lowest BCUT2D eigenvalue weighted by Crippen LogP contribution is -2.35. The third-order valence-electron chi connectivity index (χ3n) is 5.88. The quantitative estimate of drug-likeness (QED) is 0.656. The number of hydrogen-bond acceptors (Lipinski definition) is 4. The van der Waals surface area contributed by atoms with Crippen LogP contribution >= 0.6 is 0 Å². The molecule has 0 unspecified atom stereocenters. The molecule has 0 radical (unpaired) electrons. The largest absolute Gasteiger partial charge is 0.393 e. The molecule has 2 N–H and O–H groups in total. The third-order valence-corrected chi connectivity index (χ3v) is 5.88. The van der Waals surface area contributed by atoms with Crippen LogP contribution in [0.1, 0.15) is 58.3 Å². The van der Waals surface area contributed by atoms with Crippen molar-refractivity contribution in [2.75, 3.05) is 13.1 Å². The number of amides is 1. The van der Waals surface area contributed by atoms with Crippen molar-refractivity contribution in [2.24, 2.45) is 0 Å². The van der Waals surface area contributed by atoms with Crippen LogP contribution in [0.15, 0.2) is 42.5 Å². The summed E-state index contributed by atoms with van der Waals surface area (Å²) in [6, 6.07) is 13.9. The van der Waals surface area contributed by atoms with E-state index in [1.165, 1.54) is 5.56 Å². The topological polar surface area (TPSA) is 69.6 Å². The molecule has 1 aliphatic heterocycles. The summed E-state index contributed by atoms with van der Waals surface area (Å²) in [4.78, 5) is 26.8. The molecule has 0 aromatic heterocycles. The van der Waals surface area contributed by atoms with Gasteiger partial charge < -0.3 is 10.4 Å². The number of benzene rings is 2. The molecule has 0 atom stereocenters. The third kappa shape index (κ3) is 6.51. The molecule has 0 aliphatic carbocycles. The number of carbonyl (C=O) groups excluding carboxylic acids is 2. The molecule has 1 fully saturated rings. The van der Waals surface area contributed by atoms with Gasteiger partial charge in [0, 0.05) is 44.6 Å². The van der Waals surface area contributed by atoms with Crippen LogP contribution in [0.3, 0.4) is 0 Å². The molecule has 2 aromatic rings. The van der Waals surface area contributed by atoms with Gasteiger partial charge in [-0.25, -0.2) is 0 Å². The number of piperidine rings is 1. The Balaban J connectivity index is 1.40. The molecule has 1 saturated heterocycles. The Kier molecular flexibility index (Phi) is 7.77. The highest BCUT2D eigenvalue weighted by Gasteiger charge is 2.16. The molecule has 3 rings (SSSR count). The van der Waals surface area contributed by atoms with Crippen molar-refractivity contribution in [3.05, 3.63) is 70.3 Å². The maximum absolute atomic E-state index is 12.3. The van der Waals surface area contributed by atoms with E-state index in [4.69, 9.17) is 0 Å². The first-order valence-electron chi connectivity index (χ1n) is 10.8. The zero-order valence-electron chi connectivity index (χ0n) is 18.0. The number of ketones is 1. The highest BCUT2D eigenvalue weighted by atomic mass is 16.3. The van der Waals surface area contributed by atoms with E-state index in [-0.39, 0.29) is 30.6 Å². The summed E-state index contributed by atoms with van der Waals surface area (Å²) in [5.74, 6) is -0.106. The van der Waals surface area contributed by atoms with Crippen LogP contribution < -0.4 is 5.32 Å². The van der Waals surface area contributed by atoms with E-state index in [2.05, 4.69) is 22.3 Å². The van der Waals surface area contributed by atoms with Gasteiger partial charge in [-0.1, -0.05) is 36.4 Å². The first-order chi connectivity index (χ1) is 14.4. The lowest BCUT2D eigenvalue weighted by Gasteiger charge is -2.29. The van der Waals surface area contributed by atoms with Crippen LogP contribution in [-0.2, 0) is 17.9 Å². The zero-order valence-corrected chi connectivity index (χ0v) is 18.0. The van der Waals surface area contributed by atoms with E-state index in [0.29, 0.717) is 12.1 Å². The van der Waals surface area contributed by atoms with Gasteiger partial charge in [0.25, 0.3) is 0 Å². The zero-order chi connectivity index (χ0) is 21.5. The minimum Gasteiger partial charge on any atom is -0.393 e. The highest BCUT2D eigenvalue weighted by Crippen LogP contribution is 2.15. The van der Waals surface area contributed by atoms with Crippen LogP contribution in [0.5, 0.6) is 0 Å². The Morgan fingerprint density at radius 2 is 1.63 bits per heavy atom. The molecule has 1 heterocycles. The van der Waals surface area contributed by atoms with Gasteiger partial charge in [-0.15, -0.1) is 0 Å². The molecule has 30 heavy (non-hydrogen) atoms. The molecule has 160 valence electrons. The number of aryl methyl sites for hydroxylation is 2. The first kappa shape index (κ1) is 22.2. The van der Waals surface area contributed by atoms with Crippen molar-refractivity contribution < 1.29 is 14.7 Å². The fraction of sp³-hybridized carbons (Fsp3) is 0.440. The van der Waals surface area contributed by atoms with Crippen LogP contribution in [0.25, 0.3) is 0 Å². The monoisotopic (exact) mass is 408 g/mol. The summed E-state index contributed by atoms with van der Waals surface area (Å²) in [6.07, 6.45) is 1.96. The molecule has 0 bridgehead atoms. The standard InChI is InChI=1S/C25H32N2O3/c1-18-3-8-22(15-19(18)2)24(29)9-10-25(30)26-16-20-4-6-21(7-5-20)17-27-13-11-23(28)12-14-27/h3-8,15,23,28H,9-14,16-17H2,1-2H3,(H,26,30). The van der Waals surface area contributed by atoms with E-state index < -0.39 is 0 Å². The molecular weight excluding hydrogens is 376 g/mol. The lowest BCUT2D eigenvalue weighted by atomic mass is 10.0. The minimum absolute atomic E-state index is 0.00262. The van der Waals surface area contributed by atoms with Crippen LogP contribution in [-0.4, -0.2) is 40.9 Å². The summed E-state index contributed by atoms with van der Waals surface area (Å²) in [5, 5.41) is 12.5.